The number of methoxy groups -OCH3 is 1. The van der Waals surface area contributed by atoms with Crippen LogP contribution in [0.4, 0.5) is 16.0 Å². The molecule has 1 fully saturated rings. The summed E-state index contributed by atoms with van der Waals surface area (Å²) in [4.78, 5) is 35.2. The molecule has 3 atom stereocenters. The van der Waals surface area contributed by atoms with Crippen LogP contribution in [0.3, 0.4) is 0 Å². The molecule has 0 saturated heterocycles. The van der Waals surface area contributed by atoms with E-state index in [0.29, 0.717) is 23.1 Å². The minimum atomic E-state index is -0.757. The van der Waals surface area contributed by atoms with Crippen molar-refractivity contribution in [2.75, 3.05) is 17.3 Å². The second-order valence-corrected chi connectivity index (χ2v) is 8.10. The van der Waals surface area contributed by atoms with Crippen molar-refractivity contribution in [3.8, 4) is 0 Å². The number of carbonyl (C=O) groups excluding carboxylic acids is 2. The lowest BCUT2D eigenvalue weighted by Crippen LogP contribution is -2.51. The van der Waals surface area contributed by atoms with Gasteiger partial charge in [0.05, 0.1) is 24.4 Å². The number of amides is 1. The summed E-state index contributed by atoms with van der Waals surface area (Å²) in [5.41, 5.74) is 1.79. The summed E-state index contributed by atoms with van der Waals surface area (Å²) in [5.74, 6) is -0.797. The van der Waals surface area contributed by atoms with E-state index in [-0.39, 0.29) is 29.5 Å². The highest BCUT2D eigenvalue weighted by atomic mass is 19.1. The van der Waals surface area contributed by atoms with Crippen LogP contribution in [0.2, 0.25) is 0 Å². The lowest BCUT2D eigenvalue weighted by molar-refractivity contribution is -0.117. The largest absolute Gasteiger partial charge is 0.465 e. The number of ether oxygens (including phenoxy) is 1. The van der Waals surface area contributed by atoms with Gasteiger partial charge in [-0.25, -0.2) is 19.2 Å². The molecule has 2 aliphatic rings. The third-order valence-corrected chi connectivity index (χ3v) is 6.00. The van der Waals surface area contributed by atoms with Crippen LogP contribution in [0.25, 0.3) is 0 Å². The van der Waals surface area contributed by atoms with E-state index in [1.165, 1.54) is 26.2 Å². The van der Waals surface area contributed by atoms with Crippen LogP contribution in [-0.4, -0.2) is 35.0 Å². The van der Waals surface area contributed by atoms with Crippen LogP contribution in [0.5, 0.6) is 0 Å². The first-order valence-corrected chi connectivity index (χ1v) is 10.1. The number of aryl methyl sites for hydroxylation is 1. The van der Waals surface area contributed by atoms with E-state index >= 15 is 0 Å². The average Bonchev–Trinajstić information content (AvgIpc) is 3.53. The maximum Gasteiger partial charge on any atom is 0.340 e. The first kappa shape index (κ1) is 20.3. The zero-order valence-corrected chi connectivity index (χ0v) is 17.5. The second kappa shape index (κ2) is 7.66. The van der Waals surface area contributed by atoms with Crippen LogP contribution in [0.15, 0.2) is 24.4 Å². The third-order valence-electron chi connectivity index (χ3n) is 6.00. The normalized spacial score (nSPS) is 23.0. The lowest BCUT2D eigenvalue weighted by atomic mass is 9.79. The van der Waals surface area contributed by atoms with Crippen LogP contribution < -0.4 is 10.2 Å². The number of rotatable bonds is 4. The number of hydrogen-bond donors (Lipinski definition) is 1. The van der Waals surface area contributed by atoms with Gasteiger partial charge < -0.3 is 15.0 Å². The summed E-state index contributed by atoms with van der Waals surface area (Å²) in [7, 11) is 1.21. The summed E-state index contributed by atoms with van der Waals surface area (Å²) >= 11 is 0. The van der Waals surface area contributed by atoms with Crippen molar-refractivity contribution in [3.63, 3.8) is 0 Å². The first-order valence-electron chi connectivity index (χ1n) is 10.1. The Morgan fingerprint density at radius 1 is 1.30 bits per heavy atom. The number of halogens is 1. The van der Waals surface area contributed by atoms with Gasteiger partial charge in [0.25, 0.3) is 0 Å². The smallest absolute Gasteiger partial charge is 0.340 e. The molecule has 7 nitrogen and oxygen atoms in total. The van der Waals surface area contributed by atoms with Gasteiger partial charge in [-0.3, -0.25) is 4.79 Å². The highest BCUT2D eigenvalue weighted by molar-refractivity contribution is 5.96. The fraction of sp³-hybridized carbons (Fsp3) is 0.455. The van der Waals surface area contributed by atoms with E-state index in [1.54, 1.807) is 17.2 Å². The van der Waals surface area contributed by atoms with E-state index < -0.39 is 11.8 Å². The fourth-order valence-electron chi connectivity index (χ4n) is 4.50. The Morgan fingerprint density at radius 3 is 2.63 bits per heavy atom. The summed E-state index contributed by atoms with van der Waals surface area (Å²) in [5, 5.41) is 3.37. The second-order valence-electron chi connectivity index (χ2n) is 8.10. The molecule has 1 aliphatic heterocycles. The predicted octanol–water partition coefficient (Wildman–Crippen LogP) is 3.65. The van der Waals surface area contributed by atoms with Crippen molar-refractivity contribution < 1.29 is 18.7 Å². The summed E-state index contributed by atoms with van der Waals surface area (Å²) in [6.45, 7) is 5.44. The van der Waals surface area contributed by atoms with E-state index in [4.69, 9.17) is 4.74 Å². The quantitative estimate of drug-likeness (QED) is 0.772. The van der Waals surface area contributed by atoms with Gasteiger partial charge in [-0.05, 0) is 49.4 Å². The van der Waals surface area contributed by atoms with Crippen LogP contribution in [0, 0.1) is 24.6 Å². The SMILES string of the molecule is COC(=O)c1cc2c(cc1F)N(C(C)=O)[C@@H](C1CC1)[C@H](C)[C@H]2Nc1nccc(C)n1. The number of nitrogens with zero attached hydrogens (tertiary/aromatic N) is 3. The van der Waals surface area contributed by atoms with Crippen LogP contribution >= 0.6 is 0 Å². The molecule has 0 bridgehead atoms. The maximum absolute atomic E-state index is 14.8. The van der Waals surface area contributed by atoms with Crippen LogP contribution in [-0.2, 0) is 9.53 Å². The van der Waals surface area contributed by atoms with Crippen molar-refractivity contribution in [3.05, 3.63) is 47.0 Å². The first-order chi connectivity index (χ1) is 14.3. The van der Waals surface area contributed by atoms with Gasteiger partial charge in [0.15, 0.2) is 0 Å². The molecule has 158 valence electrons. The molecule has 1 aromatic heterocycles. The number of hydrogen-bond acceptors (Lipinski definition) is 6. The van der Waals surface area contributed by atoms with Gasteiger partial charge in [-0.1, -0.05) is 6.92 Å². The molecular formula is C22H25FN4O3. The van der Waals surface area contributed by atoms with Crippen LogP contribution in [0.1, 0.15) is 54.3 Å². The van der Waals surface area contributed by atoms with E-state index in [1.807, 2.05) is 6.92 Å². The highest BCUT2D eigenvalue weighted by Crippen LogP contribution is 2.50. The van der Waals surface area contributed by atoms with Crippen molar-refractivity contribution in [2.24, 2.45) is 11.8 Å². The lowest BCUT2D eigenvalue weighted by Gasteiger charge is -2.45. The van der Waals surface area contributed by atoms with Crippen molar-refractivity contribution in [1.82, 2.24) is 9.97 Å². The summed E-state index contributed by atoms with van der Waals surface area (Å²) in [6, 6.07) is 4.20. The third kappa shape index (κ3) is 3.51. The molecule has 0 unspecified atom stereocenters. The highest BCUT2D eigenvalue weighted by Gasteiger charge is 2.48. The predicted molar refractivity (Wildman–Crippen MR) is 110 cm³/mol. The zero-order valence-electron chi connectivity index (χ0n) is 17.5. The maximum atomic E-state index is 14.8. The Bertz CT molecular complexity index is 1010. The monoisotopic (exact) mass is 412 g/mol. The molecule has 30 heavy (non-hydrogen) atoms. The van der Waals surface area contributed by atoms with Gasteiger partial charge in [0.2, 0.25) is 11.9 Å². The molecular weight excluding hydrogens is 387 g/mol. The number of carbonyl (C=O) groups is 2. The van der Waals surface area contributed by atoms with Gasteiger partial charge in [0, 0.05) is 30.8 Å². The molecule has 1 amide bonds. The molecule has 1 saturated carbocycles. The summed E-state index contributed by atoms with van der Waals surface area (Å²) in [6.07, 6.45) is 3.73. The molecule has 1 aliphatic carbocycles. The molecule has 0 radical (unpaired) electrons. The topological polar surface area (TPSA) is 84.4 Å². The van der Waals surface area contributed by atoms with Gasteiger partial charge in [-0.15, -0.1) is 0 Å². The van der Waals surface area contributed by atoms with Crippen molar-refractivity contribution in [1.29, 1.82) is 0 Å². The molecule has 8 heteroatoms. The van der Waals surface area contributed by atoms with Crippen molar-refractivity contribution >= 4 is 23.5 Å². The number of anilines is 2. The van der Waals surface area contributed by atoms with E-state index in [0.717, 1.165) is 18.5 Å². The average molecular weight is 412 g/mol. The molecule has 1 N–H and O–H groups in total. The van der Waals surface area contributed by atoms with E-state index in [2.05, 4.69) is 22.2 Å². The number of aromatic nitrogens is 2. The molecule has 2 aromatic rings. The minimum Gasteiger partial charge on any atom is -0.465 e. The van der Waals surface area contributed by atoms with E-state index in [9.17, 15) is 14.0 Å². The number of nitrogens with one attached hydrogen (secondary N) is 1. The Morgan fingerprint density at radius 2 is 2.03 bits per heavy atom. The molecule has 1 aromatic carbocycles. The molecule has 4 rings (SSSR count). The number of benzene rings is 1. The zero-order chi connectivity index (χ0) is 21.6. The van der Waals surface area contributed by atoms with Gasteiger partial charge >= 0.3 is 5.97 Å². The number of fused-ring (bicyclic) bond motifs is 1. The van der Waals surface area contributed by atoms with Crippen molar-refractivity contribution in [2.45, 2.75) is 45.7 Å². The Hall–Kier alpha value is -3.03. The Balaban J connectivity index is 1.87. The van der Waals surface area contributed by atoms with Gasteiger partial charge in [0.1, 0.15) is 5.82 Å². The minimum absolute atomic E-state index is 0.00558. The summed E-state index contributed by atoms with van der Waals surface area (Å²) < 4.78 is 19.6. The molecule has 2 heterocycles. The fourth-order valence-corrected chi connectivity index (χ4v) is 4.50. The Labute approximate surface area is 174 Å². The Kier molecular flexibility index (Phi) is 5.17. The molecule has 0 spiro atoms. The van der Waals surface area contributed by atoms with Gasteiger partial charge in [-0.2, -0.15) is 0 Å². The number of esters is 1. The standard InChI is InChI=1S/C22H25FN4O3/c1-11-7-8-24-22(25-11)26-19-12(2)20(14-5-6-14)27(13(3)28)18-10-17(23)15(9-16(18)19)21(29)30-4/h7-10,12,14,19-20H,5-6H2,1-4H3,(H,24,25,26)/t12-,19-,20-/m1/s1.